The van der Waals surface area contributed by atoms with Gasteiger partial charge in [-0.15, -0.1) is 0 Å². The lowest BCUT2D eigenvalue weighted by Crippen LogP contribution is -2.44. The van der Waals surface area contributed by atoms with E-state index in [-0.39, 0.29) is 64.4 Å². The van der Waals surface area contributed by atoms with Gasteiger partial charge in [0, 0.05) is 13.0 Å². The zero-order valence-electron chi connectivity index (χ0n) is 33.7. The van der Waals surface area contributed by atoms with Crippen molar-refractivity contribution in [3.05, 3.63) is 12.2 Å². The molecule has 13 heteroatoms. The van der Waals surface area contributed by atoms with Gasteiger partial charge in [0.2, 0.25) is 0 Å². The lowest BCUT2D eigenvalue weighted by Gasteiger charge is -2.30. The Bertz CT molecular complexity index is 818. The van der Waals surface area contributed by atoms with Crippen molar-refractivity contribution in [2.45, 2.75) is 140 Å². The molecular formula is C41H78O13. The van der Waals surface area contributed by atoms with E-state index in [4.69, 9.17) is 58.0 Å². The highest BCUT2D eigenvalue weighted by atomic mass is 16.6. The molecule has 54 heavy (non-hydrogen) atoms. The van der Waals surface area contributed by atoms with Gasteiger partial charge in [-0.05, 0) is 51.4 Å². The average molecular weight is 779 g/mol. The summed E-state index contributed by atoms with van der Waals surface area (Å²) in [5.74, 6) is -0.160. The number of rotatable bonds is 42. The SMILES string of the molecule is CCCCCCCC/C=C\CCCCCCCC(=O)OCCOCCCCC(OCCOCCO)[C@H]1OC[C@@H](OCCOCCO)[C@@H]1OCCOCCO. The summed E-state index contributed by atoms with van der Waals surface area (Å²) < 4.78 is 51.9. The van der Waals surface area contributed by atoms with Crippen LogP contribution in [0.3, 0.4) is 0 Å². The van der Waals surface area contributed by atoms with E-state index in [1.807, 2.05) is 0 Å². The first-order valence-corrected chi connectivity index (χ1v) is 21.1. The van der Waals surface area contributed by atoms with Crippen LogP contribution in [0, 0.1) is 0 Å². The summed E-state index contributed by atoms with van der Waals surface area (Å²) >= 11 is 0. The molecule has 4 atom stereocenters. The molecule has 320 valence electrons. The van der Waals surface area contributed by atoms with E-state index in [0.717, 1.165) is 38.5 Å². The fourth-order valence-corrected chi connectivity index (χ4v) is 6.15. The molecule has 1 aliphatic rings. The number of carbonyl (C=O) groups is 1. The first-order valence-electron chi connectivity index (χ1n) is 21.1. The van der Waals surface area contributed by atoms with Crippen LogP contribution in [0.25, 0.3) is 0 Å². The zero-order valence-corrected chi connectivity index (χ0v) is 33.7. The van der Waals surface area contributed by atoms with Crippen molar-refractivity contribution in [1.82, 2.24) is 0 Å². The van der Waals surface area contributed by atoms with E-state index < -0.39 is 12.2 Å². The van der Waals surface area contributed by atoms with E-state index in [1.54, 1.807) is 0 Å². The second-order valence-electron chi connectivity index (χ2n) is 13.6. The highest BCUT2D eigenvalue weighted by Crippen LogP contribution is 2.27. The van der Waals surface area contributed by atoms with Crippen molar-refractivity contribution >= 4 is 5.97 Å². The van der Waals surface area contributed by atoms with Crippen LogP contribution in [0.2, 0.25) is 0 Å². The van der Waals surface area contributed by atoms with Crippen LogP contribution < -0.4 is 0 Å². The number of aliphatic hydroxyl groups excluding tert-OH is 3. The van der Waals surface area contributed by atoms with Crippen molar-refractivity contribution in [1.29, 1.82) is 0 Å². The Morgan fingerprint density at radius 2 is 1.17 bits per heavy atom. The number of aliphatic hydroxyl groups is 3. The third-order valence-corrected chi connectivity index (χ3v) is 9.03. The third kappa shape index (κ3) is 30.0. The molecule has 1 heterocycles. The maximum Gasteiger partial charge on any atom is 0.305 e. The monoisotopic (exact) mass is 779 g/mol. The topological polar surface area (TPSA) is 161 Å². The molecule has 3 N–H and O–H groups in total. The lowest BCUT2D eigenvalue weighted by atomic mass is 10.0. The molecule has 0 amide bonds. The second-order valence-corrected chi connectivity index (χ2v) is 13.6. The Morgan fingerprint density at radius 1 is 0.611 bits per heavy atom. The van der Waals surface area contributed by atoms with Crippen LogP contribution >= 0.6 is 0 Å². The number of ether oxygens (including phenoxy) is 9. The molecule has 0 aliphatic carbocycles. The summed E-state index contributed by atoms with van der Waals surface area (Å²) in [4.78, 5) is 12.1. The standard InChI is InChI=1S/C41H78O13/c1-2-3-4-5-6-7-8-9-10-11-12-13-14-15-16-20-39(45)52-34-30-46-24-18-17-19-37(50-32-28-47-25-21-42)40-41(53-35-31-49-27-23-44)38(36-54-40)51-33-29-48-26-22-43/h9-10,37-38,40-44H,2-8,11-36H2,1H3/b10-9-/t37?,38-,40-,41+/m1/s1. The number of unbranched alkanes of at least 4 members (excludes halogenated alkanes) is 12. The van der Waals surface area contributed by atoms with Gasteiger partial charge in [0.15, 0.2) is 0 Å². The molecule has 0 bridgehead atoms. The normalized spacial score (nSPS) is 17.9. The Balaban J connectivity index is 2.28. The number of carbonyl (C=O) groups excluding carboxylic acids is 1. The molecule has 1 saturated heterocycles. The molecule has 1 unspecified atom stereocenters. The Labute approximate surface area is 326 Å². The largest absolute Gasteiger partial charge is 0.463 e. The van der Waals surface area contributed by atoms with Crippen LogP contribution in [-0.4, -0.2) is 151 Å². The summed E-state index contributed by atoms with van der Waals surface area (Å²) in [7, 11) is 0. The van der Waals surface area contributed by atoms with Gasteiger partial charge >= 0.3 is 5.97 Å². The molecule has 0 aromatic heterocycles. The van der Waals surface area contributed by atoms with Gasteiger partial charge in [0.05, 0.1) is 98.6 Å². The summed E-state index contributed by atoms with van der Waals surface area (Å²) in [6.45, 7) is 6.25. The van der Waals surface area contributed by atoms with Gasteiger partial charge in [-0.25, -0.2) is 0 Å². The Morgan fingerprint density at radius 3 is 1.81 bits per heavy atom. The minimum atomic E-state index is -0.415. The van der Waals surface area contributed by atoms with Crippen molar-refractivity contribution in [2.75, 3.05) is 106 Å². The zero-order chi connectivity index (χ0) is 39.0. The molecular weight excluding hydrogens is 700 g/mol. The predicted molar refractivity (Wildman–Crippen MR) is 208 cm³/mol. The second kappa shape index (κ2) is 40.0. The minimum absolute atomic E-state index is 0.0496. The number of allylic oxidation sites excluding steroid dienone is 2. The molecule has 1 fully saturated rings. The summed E-state index contributed by atoms with van der Waals surface area (Å²) in [6.07, 6.45) is 21.9. The van der Waals surface area contributed by atoms with Gasteiger partial charge in [-0.3, -0.25) is 4.79 Å². The quantitative estimate of drug-likeness (QED) is 0.0415. The van der Waals surface area contributed by atoms with E-state index in [9.17, 15) is 4.79 Å². The molecule has 0 radical (unpaired) electrons. The maximum atomic E-state index is 12.1. The van der Waals surface area contributed by atoms with Gasteiger partial charge in [-0.1, -0.05) is 70.4 Å². The van der Waals surface area contributed by atoms with Crippen molar-refractivity contribution in [3.63, 3.8) is 0 Å². The van der Waals surface area contributed by atoms with Gasteiger partial charge in [-0.2, -0.15) is 0 Å². The molecule has 0 aromatic rings. The van der Waals surface area contributed by atoms with Crippen molar-refractivity contribution in [3.8, 4) is 0 Å². The Hall–Kier alpha value is -1.23. The number of hydrogen-bond donors (Lipinski definition) is 3. The molecule has 13 nitrogen and oxygen atoms in total. The molecule has 1 rings (SSSR count). The average Bonchev–Trinajstić information content (AvgIpc) is 3.58. The molecule has 0 saturated carbocycles. The number of esters is 1. The maximum absolute atomic E-state index is 12.1. The minimum Gasteiger partial charge on any atom is -0.463 e. The smallest absolute Gasteiger partial charge is 0.305 e. The lowest BCUT2D eigenvalue weighted by molar-refractivity contribution is -0.145. The van der Waals surface area contributed by atoms with Crippen molar-refractivity contribution in [2.24, 2.45) is 0 Å². The highest BCUT2D eigenvalue weighted by Gasteiger charge is 2.43. The van der Waals surface area contributed by atoms with Crippen LogP contribution in [0.15, 0.2) is 12.2 Å². The third-order valence-electron chi connectivity index (χ3n) is 9.03. The summed E-state index contributed by atoms with van der Waals surface area (Å²) in [6, 6.07) is 0. The van der Waals surface area contributed by atoms with Crippen molar-refractivity contribution < 1.29 is 62.7 Å². The van der Waals surface area contributed by atoms with Crippen LogP contribution in [-0.2, 0) is 47.4 Å². The van der Waals surface area contributed by atoms with Crippen LogP contribution in [0.4, 0.5) is 0 Å². The Kier molecular flexibility index (Phi) is 37.6. The van der Waals surface area contributed by atoms with Crippen LogP contribution in [0.5, 0.6) is 0 Å². The molecule has 0 aromatic carbocycles. The molecule has 0 spiro atoms. The fourth-order valence-electron chi connectivity index (χ4n) is 6.15. The van der Waals surface area contributed by atoms with E-state index in [1.165, 1.54) is 57.8 Å². The first-order chi connectivity index (χ1) is 26.7. The van der Waals surface area contributed by atoms with Crippen LogP contribution in [0.1, 0.15) is 116 Å². The summed E-state index contributed by atoms with van der Waals surface area (Å²) in [5, 5.41) is 27.0. The van der Waals surface area contributed by atoms with Gasteiger partial charge < -0.3 is 58.0 Å². The predicted octanol–water partition coefficient (Wildman–Crippen LogP) is 5.34. The highest BCUT2D eigenvalue weighted by molar-refractivity contribution is 5.69. The summed E-state index contributed by atoms with van der Waals surface area (Å²) in [5.41, 5.74) is 0. The van der Waals surface area contributed by atoms with E-state index in [2.05, 4.69) is 19.1 Å². The molecule has 1 aliphatic heterocycles. The van der Waals surface area contributed by atoms with E-state index in [0.29, 0.717) is 72.3 Å². The van der Waals surface area contributed by atoms with Gasteiger partial charge in [0.25, 0.3) is 0 Å². The van der Waals surface area contributed by atoms with Gasteiger partial charge in [0.1, 0.15) is 24.9 Å². The fraction of sp³-hybridized carbons (Fsp3) is 0.927. The first kappa shape index (κ1) is 50.8. The van der Waals surface area contributed by atoms with E-state index >= 15 is 0 Å². The number of hydrogen-bond acceptors (Lipinski definition) is 13.